The molecule has 14 nitrogen and oxygen atoms in total. The van der Waals surface area contributed by atoms with Crippen LogP contribution in [0.4, 0.5) is 0 Å². The highest BCUT2D eigenvalue weighted by atomic mass is 16.4. The molecule has 5 atom stereocenters. The molecule has 12 N–H and O–H groups in total. The van der Waals surface area contributed by atoms with E-state index in [2.05, 4.69) is 21.3 Å². The maximum atomic E-state index is 13.0. The van der Waals surface area contributed by atoms with Gasteiger partial charge in [0.25, 0.3) is 0 Å². The Hall–Kier alpha value is -3.42. The molecule has 206 valence electrons. The fraction of sp³-hybridized carbons (Fsp3) is 0.727. The average molecular weight is 515 g/mol. The van der Waals surface area contributed by atoms with Gasteiger partial charge in [0.2, 0.25) is 23.6 Å². The van der Waals surface area contributed by atoms with E-state index in [0.717, 1.165) is 0 Å². The second-order valence-corrected chi connectivity index (χ2v) is 9.22. The number of carboxylic acid groups (broad SMARTS) is 1. The SMILES string of the molecule is CC[C@H](C)[C@H](N)C(=O)N[C@@H](CC(N)=O)C(=O)N[C@@H](CC(C)C)C(=O)N[C@@H](CCCNC(=N)N)C(=O)O. The topological polar surface area (TPSA) is 256 Å². The van der Waals surface area contributed by atoms with Crippen LogP contribution in [0.3, 0.4) is 0 Å². The number of nitrogens with two attached hydrogens (primary N) is 3. The minimum Gasteiger partial charge on any atom is -0.480 e. The van der Waals surface area contributed by atoms with Gasteiger partial charge in [-0.25, -0.2) is 4.79 Å². The van der Waals surface area contributed by atoms with E-state index in [-0.39, 0.29) is 37.2 Å². The number of nitrogens with one attached hydrogen (secondary N) is 5. The van der Waals surface area contributed by atoms with Gasteiger partial charge in [-0.2, -0.15) is 0 Å². The predicted octanol–water partition coefficient (Wildman–Crippen LogP) is -1.92. The molecular formula is C22H42N8O6. The first kappa shape index (κ1) is 32.6. The number of amides is 4. The Morgan fingerprint density at radius 1 is 0.889 bits per heavy atom. The Kier molecular flexibility index (Phi) is 14.7. The van der Waals surface area contributed by atoms with Crippen LogP contribution >= 0.6 is 0 Å². The average Bonchev–Trinajstić information content (AvgIpc) is 2.77. The zero-order chi connectivity index (χ0) is 28.0. The van der Waals surface area contributed by atoms with Crippen molar-refractivity contribution in [2.45, 2.75) is 84.0 Å². The van der Waals surface area contributed by atoms with Crippen molar-refractivity contribution in [2.75, 3.05) is 6.54 Å². The lowest BCUT2D eigenvalue weighted by atomic mass is 9.98. The van der Waals surface area contributed by atoms with E-state index >= 15 is 0 Å². The van der Waals surface area contributed by atoms with Crippen molar-refractivity contribution >= 4 is 35.6 Å². The highest BCUT2D eigenvalue weighted by Gasteiger charge is 2.32. The van der Waals surface area contributed by atoms with E-state index in [1.807, 2.05) is 20.8 Å². The van der Waals surface area contributed by atoms with Crippen LogP contribution in [0.15, 0.2) is 0 Å². The fourth-order valence-corrected chi connectivity index (χ4v) is 3.22. The van der Waals surface area contributed by atoms with E-state index in [0.29, 0.717) is 12.8 Å². The number of carbonyl (C=O) groups is 5. The summed E-state index contributed by atoms with van der Waals surface area (Å²) in [6.45, 7) is 7.48. The molecule has 0 fully saturated rings. The van der Waals surface area contributed by atoms with Crippen molar-refractivity contribution < 1.29 is 29.1 Å². The van der Waals surface area contributed by atoms with Crippen molar-refractivity contribution in [1.29, 1.82) is 5.41 Å². The zero-order valence-electron chi connectivity index (χ0n) is 21.4. The highest BCUT2D eigenvalue weighted by Crippen LogP contribution is 2.09. The number of rotatable bonds is 17. The first-order valence-electron chi connectivity index (χ1n) is 11.9. The summed E-state index contributed by atoms with van der Waals surface area (Å²) in [7, 11) is 0. The molecule has 0 spiro atoms. The molecule has 4 amide bonds. The van der Waals surface area contributed by atoms with Crippen molar-refractivity contribution in [3.05, 3.63) is 0 Å². The lowest BCUT2D eigenvalue weighted by molar-refractivity contribution is -0.142. The molecule has 0 radical (unpaired) electrons. The van der Waals surface area contributed by atoms with Gasteiger partial charge in [0.05, 0.1) is 12.5 Å². The minimum absolute atomic E-state index is 0.0531. The fourth-order valence-electron chi connectivity index (χ4n) is 3.22. The number of carboxylic acids is 1. The molecule has 0 aromatic carbocycles. The third-order valence-corrected chi connectivity index (χ3v) is 5.54. The number of primary amides is 1. The number of hydrogen-bond donors (Lipinski definition) is 9. The molecule has 0 aliphatic rings. The smallest absolute Gasteiger partial charge is 0.326 e. The summed E-state index contributed by atoms with van der Waals surface area (Å²) in [4.78, 5) is 61.5. The molecule has 0 saturated heterocycles. The number of hydrogen-bond acceptors (Lipinski definition) is 7. The van der Waals surface area contributed by atoms with Gasteiger partial charge in [0, 0.05) is 6.54 Å². The van der Waals surface area contributed by atoms with Crippen molar-refractivity contribution in [3.63, 3.8) is 0 Å². The second kappa shape index (κ2) is 16.3. The number of carbonyl (C=O) groups excluding carboxylic acids is 4. The first-order valence-corrected chi connectivity index (χ1v) is 11.9. The van der Waals surface area contributed by atoms with Gasteiger partial charge in [-0.3, -0.25) is 24.6 Å². The van der Waals surface area contributed by atoms with Crippen LogP contribution in [0.1, 0.15) is 59.8 Å². The zero-order valence-corrected chi connectivity index (χ0v) is 21.4. The summed E-state index contributed by atoms with van der Waals surface area (Å²) in [5.41, 5.74) is 16.3. The summed E-state index contributed by atoms with van der Waals surface area (Å²) < 4.78 is 0. The van der Waals surface area contributed by atoms with E-state index in [9.17, 15) is 29.1 Å². The summed E-state index contributed by atoms with van der Waals surface area (Å²) in [6, 6.07) is -4.65. The molecule has 0 heterocycles. The highest BCUT2D eigenvalue weighted by molar-refractivity contribution is 5.96. The number of guanidine groups is 1. The molecule has 0 bridgehead atoms. The van der Waals surface area contributed by atoms with Gasteiger partial charge in [-0.05, 0) is 31.1 Å². The van der Waals surface area contributed by atoms with Gasteiger partial charge in [0.1, 0.15) is 18.1 Å². The van der Waals surface area contributed by atoms with E-state index in [4.69, 9.17) is 22.6 Å². The molecule has 0 aromatic rings. The molecule has 0 aromatic heterocycles. The van der Waals surface area contributed by atoms with Crippen LogP contribution in [0.5, 0.6) is 0 Å². The third-order valence-electron chi connectivity index (χ3n) is 5.54. The Morgan fingerprint density at radius 3 is 1.89 bits per heavy atom. The summed E-state index contributed by atoms with van der Waals surface area (Å²) in [5, 5.41) is 26.5. The predicted molar refractivity (Wildman–Crippen MR) is 133 cm³/mol. The summed E-state index contributed by atoms with van der Waals surface area (Å²) in [5.74, 6) is -4.80. The molecule has 0 rings (SSSR count). The quantitative estimate of drug-likeness (QED) is 0.0594. The van der Waals surface area contributed by atoms with Crippen LogP contribution in [-0.2, 0) is 24.0 Å². The monoisotopic (exact) mass is 514 g/mol. The standard InChI is InChI=1S/C22H42N8O6/c1-5-12(4)17(24)20(34)30-15(10-16(23)31)19(33)29-14(9-11(2)3)18(32)28-13(21(35)36)7-6-8-27-22(25)26/h11-15,17H,5-10,24H2,1-4H3,(H2,23,31)(H,28,32)(H,29,33)(H,30,34)(H,35,36)(H4,25,26,27)/t12-,13-,14-,15-,17-/m0/s1. The Bertz CT molecular complexity index is 791. The summed E-state index contributed by atoms with van der Waals surface area (Å²) >= 11 is 0. The van der Waals surface area contributed by atoms with Crippen molar-refractivity contribution in [2.24, 2.45) is 29.0 Å². The molecule has 0 aliphatic carbocycles. The Labute approximate surface area is 211 Å². The molecule has 0 unspecified atom stereocenters. The normalized spacial score (nSPS) is 15.1. The number of aliphatic carboxylic acids is 1. The molecule has 0 saturated carbocycles. The lowest BCUT2D eigenvalue weighted by Crippen LogP contribution is -2.58. The van der Waals surface area contributed by atoms with Gasteiger partial charge in [0.15, 0.2) is 5.96 Å². The van der Waals surface area contributed by atoms with Gasteiger partial charge in [-0.15, -0.1) is 0 Å². The maximum Gasteiger partial charge on any atom is 0.326 e. The first-order chi connectivity index (χ1) is 16.7. The third kappa shape index (κ3) is 12.9. The Balaban J connectivity index is 5.48. The molecule has 36 heavy (non-hydrogen) atoms. The van der Waals surface area contributed by atoms with E-state index in [1.165, 1.54) is 0 Å². The molecule has 0 aliphatic heterocycles. The van der Waals surface area contributed by atoms with Crippen molar-refractivity contribution in [3.8, 4) is 0 Å². The van der Waals surface area contributed by atoms with Crippen LogP contribution in [-0.4, -0.2) is 71.4 Å². The van der Waals surface area contributed by atoms with E-state index in [1.54, 1.807) is 6.92 Å². The van der Waals surface area contributed by atoms with Crippen LogP contribution in [0.25, 0.3) is 0 Å². The molecule has 14 heteroatoms. The summed E-state index contributed by atoms with van der Waals surface area (Å²) in [6.07, 6.45) is 0.632. The van der Waals surface area contributed by atoms with Crippen LogP contribution < -0.4 is 38.5 Å². The van der Waals surface area contributed by atoms with Crippen LogP contribution in [0.2, 0.25) is 0 Å². The van der Waals surface area contributed by atoms with Gasteiger partial charge >= 0.3 is 5.97 Å². The minimum atomic E-state index is -1.36. The van der Waals surface area contributed by atoms with Gasteiger partial charge in [-0.1, -0.05) is 34.1 Å². The lowest BCUT2D eigenvalue weighted by Gasteiger charge is -2.26. The second-order valence-electron chi connectivity index (χ2n) is 9.22. The largest absolute Gasteiger partial charge is 0.480 e. The van der Waals surface area contributed by atoms with Gasteiger partial charge < -0.3 is 43.6 Å². The van der Waals surface area contributed by atoms with Crippen molar-refractivity contribution in [1.82, 2.24) is 21.3 Å². The maximum absolute atomic E-state index is 13.0. The Morgan fingerprint density at radius 2 is 1.42 bits per heavy atom. The van der Waals surface area contributed by atoms with Crippen LogP contribution in [0, 0.1) is 17.2 Å². The van der Waals surface area contributed by atoms with E-state index < -0.39 is 60.2 Å². The molecular weight excluding hydrogens is 472 g/mol.